The third-order valence-electron chi connectivity index (χ3n) is 4.21. The van der Waals surface area contributed by atoms with Crippen molar-refractivity contribution in [2.75, 3.05) is 0 Å². The molecule has 2 amide bonds. The predicted molar refractivity (Wildman–Crippen MR) is 118 cm³/mol. The summed E-state index contributed by atoms with van der Waals surface area (Å²) in [6.45, 7) is 0. The van der Waals surface area contributed by atoms with Gasteiger partial charge in [0.05, 0.1) is 18.7 Å². The molecule has 0 bridgehead atoms. The second-order valence-corrected chi connectivity index (χ2v) is 7.27. The maximum atomic E-state index is 12.6. The van der Waals surface area contributed by atoms with Crippen molar-refractivity contribution >= 4 is 34.0 Å². The maximum absolute atomic E-state index is 12.6. The lowest BCUT2D eigenvalue weighted by molar-refractivity contribution is -0.121. The average Bonchev–Trinajstić information content (AvgIpc) is 2.76. The van der Waals surface area contributed by atoms with Crippen molar-refractivity contribution in [2.45, 2.75) is 12.5 Å². The molecule has 1 atom stereocenters. The Balaban J connectivity index is 1.65. The number of carbonyl (C=O) groups excluding carboxylic acids is 2. The Labute approximate surface area is 178 Å². The Bertz CT molecular complexity index is 974. The molecule has 3 aromatic rings. The largest absolute Gasteiger partial charge is 0.345 e. The lowest BCUT2D eigenvalue weighted by Crippen LogP contribution is -2.32. The van der Waals surface area contributed by atoms with E-state index in [0.717, 1.165) is 15.6 Å². The van der Waals surface area contributed by atoms with Crippen LogP contribution in [-0.2, 0) is 4.79 Å². The van der Waals surface area contributed by atoms with E-state index < -0.39 is 6.04 Å². The lowest BCUT2D eigenvalue weighted by atomic mass is 10.0. The van der Waals surface area contributed by atoms with Gasteiger partial charge >= 0.3 is 0 Å². The molecule has 0 saturated heterocycles. The number of nitrogens with one attached hydrogen (secondary N) is 2. The summed E-state index contributed by atoms with van der Waals surface area (Å²) in [6, 6.07) is 25.4. The number of halogens is 1. The summed E-state index contributed by atoms with van der Waals surface area (Å²) in [5.41, 5.74) is 4.79. The summed E-state index contributed by atoms with van der Waals surface area (Å²) < 4.78 is 0.971. The molecule has 6 heteroatoms. The minimum Gasteiger partial charge on any atom is -0.345 e. The van der Waals surface area contributed by atoms with Crippen LogP contribution in [0.3, 0.4) is 0 Å². The van der Waals surface area contributed by atoms with Crippen LogP contribution in [0.15, 0.2) is 94.5 Å². The molecule has 0 radical (unpaired) electrons. The van der Waals surface area contributed by atoms with Crippen molar-refractivity contribution in [3.05, 3.63) is 106 Å². The van der Waals surface area contributed by atoms with Crippen molar-refractivity contribution in [1.29, 1.82) is 0 Å². The van der Waals surface area contributed by atoms with E-state index in [2.05, 4.69) is 31.8 Å². The van der Waals surface area contributed by atoms with E-state index in [1.165, 1.54) is 0 Å². The first-order valence-electron chi connectivity index (χ1n) is 9.10. The summed E-state index contributed by atoms with van der Waals surface area (Å²) in [5.74, 6) is -0.522. The maximum Gasteiger partial charge on any atom is 0.251 e. The zero-order valence-electron chi connectivity index (χ0n) is 15.6. The minimum atomic E-state index is -0.466. The molecule has 0 saturated carbocycles. The number of rotatable bonds is 7. The summed E-state index contributed by atoms with van der Waals surface area (Å²) in [7, 11) is 0. The molecule has 0 aliphatic carbocycles. The second kappa shape index (κ2) is 10.3. The summed E-state index contributed by atoms with van der Waals surface area (Å²) in [6.07, 6.45) is 1.64. The highest BCUT2D eigenvalue weighted by atomic mass is 79.9. The molecule has 2 N–H and O–H groups in total. The quantitative estimate of drug-likeness (QED) is 0.412. The Morgan fingerprint density at radius 1 is 0.897 bits per heavy atom. The third-order valence-corrected chi connectivity index (χ3v) is 4.73. The number of nitrogens with zero attached hydrogens (tertiary/aromatic N) is 1. The van der Waals surface area contributed by atoms with E-state index in [-0.39, 0.29) is 18.2 Å². The lowest BCUT2D eigenvalue weighted by Gasteiger charge is -2.18. The van der Waals surface area contributed by atoms with Gasteiger partial charge in [0.15, 0.2) is 0 Å². The zero-order chi connectivity index (χ0) is 20.5. The highest BCUT2D eigenvalue weighted by Crippen LogP contribution is 2.17. The molecular weight excluding hydrogens is 430 g/mol. The number of hydrogen-bond acceptors (Lipinski definition) is 3. The van der Waals surface area contributed by atoms with Crippen molar-refractivity contribution in [2.24, 2.45) is 5.10 Å². The Morgan fingerprint density at radius 3 is 2.17 bits per heavy atom. The monoisotopic (exact) mass is 449 g/mol. The normalized spacial score (nSPS) is 11.8. The second-order valence-electron chi connectivity index (χ2n) is 6.35. The summed E-state index contributed by atoms with van der Waals surface area (Å²) >= 11 is 3.37. The molecule has 146 valence electrons. The molecule has 0 unspecified atom stereocenters. The van der Waals surface area contributed by atoms with Gasteiger partial charge in [-0.15, -0.1) is 0 Å². The van der Waals surface area contributed by atoms with Gasteiger partial charge in [-0.1, -0.05) is 76.6 Å². The molecule has 0 heterocycles. The summed E-state index contributed by atoms with van der Waals surface area (Å²) in [4.78, 5) is 25.0. The molecular formula is C23H20BrN3O2. The Hall–Kier alpha value is -3.25. The van der Waals surface area contributed by atoms with Gasteiger partial charge in [0.2, 0.25) is 5.91 Å². The topological polar surface area (TPSA) is 70.6 Å². The van der Waals surface area contributed by atoms with Gasteiger partial charge in [0, 0.05) is 10.0 Å². The van der Waals surface area contributed by atoms with E-state index in [1.54, 1.807) is 30.5 Å². The van der Waals surface area contributed by atoms with Crippen LogP contribution in [0.25, 0.3) is 0 Å². The van der Waals surface area contributed by atoms with E-state index in [9.17, 15) is 9.59 Å². The Kier molecular flexibility index (Phi) is 7.30. The first-order chi connectivity index (χ1) is 14.1. The van der Waals surface area contributed by atoms with Crippen molar-refractivity contribution in [1.82, 2.24) is 10.7 Å². The number of hydrazone groups is 1. The molecule has 0 spiro atoms. The van der Waals surface area contributed by atoms with Gasteiger partial charge in [-0.2, -0.15) is 5.10 Å². The zero-order valence-corrected chi connectivity index (χ0v) is 17.2. The van der Waals surface area contributed by atoms with Gasteiger partial charge in [-0.3, -0.25) is 9.59 Å². The smallest absolute Gasteiger partial charge is 0.251 e. The first-order valence-corrected chi connectivity index (χ1v) is 9.89. The van der Waals surface area contributed by atoms with Crippen LogP contribution in [0.2, 0.25) is 0 Å². The number of amides is 2. The highest BCUT2D eigenvalue weighted by molar-refractivity contribution is 9.10. The number of benzene rings is 3. The molecule has 0 fully saturated rings. The minimum absolute atomic E-state index is 0.0697. The van der Waals surface area contributed by atoms with Gasteiger partial charge < -0.3 is 5.32 Å². The standard InChI is InChI=1S/C23H20BrN3O2/c24-20-13-11-17(12-14-20)16-25-27-22(28)15-21(18-7-3-1-4-8-18)26-23(29)19-9-5-2-6-10-19/h1-14,16,21H,15H2,(H,26,29)(H,27,28)/b25-16-/t21-/m1/s1. The fourth-order valence-corrected chi connectivity index (χ4v) is 2.99. The Morgan fingerprint density at radius 2 is 1.52 bits per heavy atom. The molecule has 5 nitrogen and oxygen atoms in total. The van der Waals surface area contributed by atoms with Gasteiger partial charge in [0.25, 0.3) is 5.91 Å². The van der Waals surface area contributed by atoms with E-state index in [0.29, 0.717) is 5.56 Å². The molecule has 0 aromatic heterocycles. The van der Waals surface area contributed by atoms with E-state index in [1.807, 2.05) is 60.7 Å². The predicted octanol–water partition coefficient (Wildman–Crippen LogP) is 4.46. The van der Waals surface area contributed by atoms with Gasteiger partial charge in [-0.25, -0.2) is 5.43 Å². The fraction of sp³-hybridized carbons (Fsp3) is 0.0870. The van der Waals surface area contributed by atoms with E-state index in [4.69, 9.17) is 0 Å². The van der Waals surface area contributed by atoms with Crippen LogP contribution >= 0.6 is 15.9 Å². The van der Waals surface area contributed by atoms with Crippen LogP contribution in [0.5, 0.6) is 0 Å². The molecule has 0 aliphatic heterocycles. The molecule has 0 aliphatic rings. The van der Waals surface area contributed by atoms with Crippen molar-refractivity contribution < 1.29 is 9.59 Å². The fourth-order valence-electron chi connectivity index (χ4n) is 2.73. The summed E-state index contributed by atoms with van der Waals surface area (Å²) in [5, 5.41) is 6.94. The SMILES string of the molecule is O=C(C[C@@H](NC(=O)c1ccccc1)c1ccccc1)N/N=C\c1ccc(Br)cc1. The van der Waals surface area contributed by atoms with Crippen LogP contribution in [0, 0.1) is 0 Å². The molecule has 3 aromatic carbocycles. The van der Waals surface area contributed by atoms with Gasteiger partial charge in [-0.05, 0) is 35.4 Å². The first kappa shape index (κ1) is 20.5. The molecule has 29 heavy (non-hydrogen) atoms. The van der Waals surface area contributed by atoms with E-state index >= 15 is 0 Å². The van der Waals surface area contributed by atoms with Gasteiger partial charge in [0.1, 0.15) is 0 Å². The van der Waals surface area contributed by atoms with Crippen LogP contribution in [-0.4, -0.2) is 18.0 Å². The van der Waals surface area contributed by atoms with Crippen molar-refractivity contribution in [3.8, 4) is 0 Å². The van der Waals surface area contributed by atoms with Crippen molar-refractivity contribution in [3.63, 3.8) is 0 Å². The van der Waals surface area contributed by atoms with Crippen LogP contribution in [0.4, 0.5) is 0 Å². The highest BCUT2D eigenvalue weighted by Gasteiger charge is 2.19. The number of carbonyl (C=O) groups is 2. The average molecular weight is 450 g/mol. The number of hydrogen-bond donors (Lipinski definition) is 2. The van der Waals surface area contributed by atoms with Crippen LogP contribution < -0.4 is 10.7 Å². The van der Waals surface area contributed by atoms with Crippen LogP contribution in [0.1, 0.15) is 33.9 Å². The molecule has 3 rings (SSSR count). The third kappa shape index (κ3) is 6.40.